The van der Waals surface area contributed by atoms with E-state index in [0.717, 1.165) is 0 Å². The standard InChI is InChI=1S/C9H12N4O2/c1-3-5-10-6-7-12-8(13-15-7)9(14)11-4-2/h1,10H,4-6H2,2H3,(H,11,14). The summed E-state index contributed by atoms with van der Waals surface area (Å²) in [7, 11) is 0. The highest BCUT2D eigenvalue weighted by atomic mass is 16.5. The third kappa shape index (κ3) is 3.40. The van der Waals surface area contributed by atoms with E-state index in [2.05, 4.69) is 26.7 Å². The second kappa shape index (κ2) is 5.78. The molecule has 1 aromatic rings. The summed E-state index contributed by atoms with van der Waals surface area (Å²) in [6.07, 6.45) is 5.04. The summed E-state index contributed by atoms with van der Waals surface area (Å²) in [6.45, 7) is 3.11. The van der Waals surface area contributed by atoms with Crippen molar-refractivity contribution < 1.29 is 9.32 Å². The SMILES string of the molecule is C#CCNCc1nc(C(=O)NCC)no1. The monoisotopic (exact) mass is 208 g/mol. The molecule has 0 aliphatic rings. The van der Waals surface area contributed by atoms with Crippen LogP contribution in [0.25, 0.3) is 0 Å². The molecule has 6 nitrogen and oxygen atoms in total. The number of hydrogen-bond donors (Lipinski definition) is 2. The minimum absolute atomic E-state index is 0.0364. The average molecular weight is 208 g/mol. The Hall–Kier alpha value is -1.87. The average Bonchev–Trinajstić information content (AvgIpc) is 2.67. The van der Waals surface area contributed by atoms with E-state index in [4.69, 9.17) is 10.9 Å². The molecule has 0 bridgehead atoms. The molecule has 1 amide bonds. The lowest BCUT2D eigenvalue weighted by atomic mass is 10.5. The van der Waals surface area contributed by atoms with E-state index in [1.165, 1.54) is 0 Å². The number of aromatic nitrogens is 2. The number of terminal acetylenes is 1. The van der Waals surface area contributed by atoms with Crippen molar-refractivity contribution in [2.24, 2.45) is 0 Å². The third-order valence-corrected chi connectivity index (χ3v) is 1.51. The van der Waals surface area contributed by atoms with E-state index < -0.39 is 0 Å². The van der Waals surface area contributed by atoms with Gasteiger partial charge in [-0.15, -0.1) is 6.42 Å². The Balaban J connectivity index is 2.49. The Labute approximate surface area is 87.4 Å². The van der Waals surface area contributed by atoms with Crippen molar-refractivity contribution >= 4 is 5.91 Å². The van der Waals surface area contributed by atoms with Gasteiger partial charge in [0.1, 0.15) is 0 Å². The molecule has 0 aromatic carbocycles. The fourth-order valence-corrected chi connectivity index (χ4v) is 0.900. The van der Waals surface area contributed by atoms with Crippen molar-refractivity contribution in [2.75, 3.05) is 13.1 Å². The second-order valence-electron chi connectivity index (χ2n) is 2.68. The molecule has 2 N–H and O–H groups in total. The number of rotatable bonds is 5. The molecular weight excluding hydrogens is 196 g/mol. The minimum atomic E-state index is -0.343. The zero-order valence-corrected chi connectivity index (χ0v) is 8.41. The first kappa shape index (κ1) is 11.2. The van der Waals surface area contributed by atoms with Gasteiger partial charge in [0.05, 0.1) is 13.1 Å². The number of amides is 1. The van der Waals surface area contributed by atoms with Crippen molar-refractivity contribution in [3.63, 3.8) is 0 Å². The molecule has 0 aliphatic carbocycles. The van der Waals surface area contributed by atoms with Gasteiger partial charge in [0, 0.05) is 6.54 Å². The molecule has 6 heteroatoms. The molecule has 1 heterocycles. The Morgan fingerprint density at radius 2 is 2.47 bits per heavy atom. The van der Waals surface area contributed by atoms with Gasteiger partial charge in [-0.3, -0.25) is 10.1 Å². The van der Waals surface area contributed by atoms with Crippen LogP contribution >= 0.6 is 0 Å². The summed E-state index contributed by atoms with van der Waals surface area (Å²) in [5, 5.41) is 8.96. The van der Waals surface area contributed by atoms with E-state index >= 15 is 0 Å². The number of carbonyl (C=O) groups excluding carboxylic acids is 1. The molecule has 1 rings (SSSR count). The lowest BCUT2D eigenvalue weighted by Gasteiger charge is -1.94. The van der Waals surface area contributed by atoms with Gasteiger partial charge in [0.2, 0.25) is 5.89 Å². The third-order valence-electron chi connectivity index (χ3n) is 1.51. The topological polar surface area (TPSA) is 80.0 Å². The summed E-state index contributed by atoms with van der Waals surface area (Å²) in [4.78, 5) is 15.1. The highest BCUT2D eigenvalue weighted by Gasteiger charge is 2.12. The fraction of sp³-hybridized carbons (Fsp3) is 0.444. The Kier molecular flexibility index (Phi) is 4.31. The molecule has 0 saturated carbocycles. The first-order valence-electron chi connectivity index (χ1n) is 4.53. The Bertz CT molecular complexity index is 366. The lowest BCUT2D eigenvalue weighted by molar-refractivity contribution is 0.0942. The van der Waals surface area contributed by atoms with Crippen LogP contribution in [0.4, 0.5) is 0 Å². The maximum absolute atomic E-state index is 11.2. The molecule has 0 saturated heterocycles. The highest BCUT2D eigenvalue weighted by Crippen LogP contribution is 1.96. The normalized spacial score (nSPS) is 9.60. The van der Waals surface area contributed by atoms with E-state index in [1.54, 1.807) is 0 Å². The molecule has 0 atom stereocenters. The van der Waals surface area contributed by atoms with Crippen LogP contribution in [0.15, 0.2) is 4.52 Å². The van der Waals surface area contributed by atoms with Gasteiger partial charge < -0.3 is 9.84 Å². The van der Waals surface area contributed by atoms with Crippen LogP contribution in [0.2, 0.25) is 0 Å². The zero-order chi connectivity index (χ0) is 11.1. The van der Waals surface area contributed by atoms with Crippen LogP contribution in [-0.4, -0.2) is 29.1 Å². The molecule has 1 aromatic heterocycles. The van der Waals surface area contributed by atoms with E-state index in [1.807, 2.05) is 6.92 Å². The van der Waals surface area contributed by atoms with E-state index in [9.17, 15) is 4.79 Å². The first-order valence-corrected chi connectivity index (χ1v) is 4.53. The summed E-state index contributed by atoms with van der Waals surface area (Å²) >= 11 is 0. The largest absolute Gasteiger partial charge is 0.349 e. The summed E-state index contributed by atoms with van der Waals surface area (Å²) in [6, 6.07) is 0. The van der Waals surface area contributed by atoms with Crippen molar-refractivity contribution in [3.05, 3.63) is 11.7 Å². The van der Waals surface area contributed by atoms with Crippen LogP contribution in [0, 0.1) is 12.3 Å². The van der Waals surface area contributed by atoms with Crippen LogP contribution in [0.5, 0.6) is 0 Å². The number of carbonyl (C=O) groups is 1. The number of hydrogen-bond acceptors (Lipinski definition) is 5. The molecule has 0 radical (unpaired) electrons. The first-order chi connectivity index (χ1) is 7.27. The highest BCUT2D eigenvalue weighted by molar-refractivity contribution is 5.90. The van der Waals surface area contributed by atoms with Crippen molar-refractivity contribution in [1.82, 2.24) is 20.8 Å². The summed E-state index contributed by atoms with van der Waals surface area (Å²) < 4.78 is 4.83. The van der Waals surface area contributed by atoms with Gasteiger partial charge in [-0.25, -0.2) is 0 Å². The molecule has 0 unspecified atom stereocenters. The Morgan fingerprint density at radius 1 is 1.67 bits per heavy atom. The number of nitrogens with zero attached hydrogens (tertiary/aromatic N) is 2. The van der Waals surface area contributed by atoms with E-state index in [-0.39, 0.29) is 11.7 Å². The van der Waals surface area contributed by atoms with Crippen LogP contribution in [0.3, 0.4) is 0 Å². The molecule has 0 aliphatic heterocycles. The maximum atomic E-state index is 11.2. The smallest absolute Gasteiger partial charge is 0.292 e. The minimum Gasteiger partial charge on any atom is -0.349 e. The van der Waals surface area contributed by atoms with Gasteiger partial charge in [0.15, 0.2) is 0 Å². The quantitative estimate of drug-likeness (QED) is 0.505. The van der Waals surface area contributed by atoms with E-state index in [0.29, 0.717) is 25.5 Å². The molecule has 15 heavy (non-hydrogen) atoms. The van der Waals surface area contributed by atoms with Gasteiger partial charge in [0.25, 0.3) is 11.7 Å². The molecule has 0 spiro atoms. The second-order valence-corrected chi connectivity index (χ2v) is 2.68. The van der Waals surface area contributed by atoms with Gasteiger partial charge in [-0.2, -0.15) is 4.98 Å². The predicted molar refractivity (Wildman–Crippen MR) is 52.8 cm³/mol. The summed E-state index contributed by atoms with van der Waals surface area (Å²) in [5.74, 6) is 2.44. The maximum Gasteiger partial charge on any atom is 0.292 e. The summed E-state index contributed by atoms with van der Waals surface area (Å²) in [5.41, 5.74) is 0. The van der Waals surface area contributed by atoms with Crippen LogP contribution in [0.1, 0.15) is 23.4 Å². The van der Waals surface area contributed by atoms with Crippen molar-refractivity contribution in [3.8, 4) is 12.3 Å². The van der Waals surface area contributed by atoms with Crippen molar-refractivity contribution in [2.45, 2.75) is 13.5 Å². The molecular formula is C9H12N4O2. The fourth-order valence-electron chi connectivity index (χ4n) is 0.900. The van der Waals surface area contributed by atoms with Gasteiger partial charge in [-0.1, -0.05) is 11.1 Å². The van der Waals surface area contributed by atoms with Gasteiger partial charge in [-0.05, 0) is 6.92 Å². The molecule has 80 valence electrons. The zero-order valence-electron chi connectivity index (χ0n) is 8.41. The van der Waals surface area contributed by atoms with Crippen LogP contribution in [-0.2, 0) is 6.54 Å². The van der Waals surface area contributed by atoms with Crippen molar-refractivity contribution in [1.29, 1.82) is 0 Å². The lowest BCUT2D eigenvalue weighted by Crippen LogP contribution is -2.24. The van der Waals surface area contributed by atoms with Gasteiger partial charge >= 0.3 is 0 Å². The Morgan fingerprint density at radius 3 is 3.13 bits per heavy atom. The van der Waals surface area contributed by atoms with Crippen LogP contribution < -0.4 is 10.6 Å². The molecule has 0 fully saturated rings. The predicted octanol–water partition coefficient (Wildman–Crippen LogP) is -0.458. The number of nitrogens with one attached hydrogen (secondary N) is 2.